The topological polar surface area (TPSA) is 82.8 Å². The minimum Gasteiger partial charge on any atom is -0.416 e. The van der Waals surface area contributed by atoms with Crippen molar-refractivity contribution in [2.75, 3.05) is 0 Å². The third-order valence-corrected chi connectivity index (χ3v) is 5.63. The van der Waals surface area contributed by atoms with Gasteiger partial charge in [-0.1, -0.05) is 12.1 Å². The smallest absolute Gasteiger partial charge is 0.416 e. The second kappa shape index (κ2) is 5.81. The molecule has 0 spiro atoms. The van der Waals surface area contributed by atoms with Crippen molar-refractivity contribution in [1.29, 1.82) is 0 Å². The molecule has 1 aliphatic heterocycles. The summed E-state index contributed by atoms with van der Waals surface area (Å²) in [6.07, 6.45) is -5.22. The highest BCUT2D eigenvalue weighted by Gasteiger charge is 2.51. The van der Waals surface area contributed by atoms with E-state index in [1.165, 1.54) is 20.8 Å². The average Bonchev–Trinajstić information content (AvgIpc) is 2.88. The van der Waals surface area contributed by atoms with Gasteiger partial charge in [-0.25, -0.2) is 13.1 Å². The third kappa shape index (κ3) is 3.28. The zero-order valence-electron chi connectivity index (χ0n) is 13.4. The average molecular weight is 391 g/mol. The summed E-state index contributed by atoms with van der Waals surface area (Å²) < 4.78 is 94.4. The number of sulfone groups is 1. The van der Waals surface area contributed by atoms with E-state index in [0.717, 1.165) is 7.05 Å². The summed E-state index contributed by atoms with van der Waals surface area (Å²) in [6, 6.07) is 0. The van der Waals surface area contributed by atoms with Crippen molar-refractivity contribution in [3.05, 3.63) is 5.69 Å². The highest BCUT2D eigenvalue weighted by molar-refractivity contribution is 8.06. The van der Waals surface area contributed by atoms with Crippen molar-refractivity contribution < 1.29 is 39.9 Å². The quantitative estimate of drug-likeness (QED) is 0.740. The van der Waals surface area contributed by atoms with Crippen LogP contribution in [0.2, 0.25) is 0 Å². The van der Waals surface area contributed by atoms with Crippen LogP contribution in [0.4, 0.5) is 22.0 Å². The third-order valence-electron chi connectivity index (χ3n) is 3.75. The molecule has 142 valence electrons. The van der Waals surface area contributed by atoms with Crippen molar-refractivity contribution in [2.45, 2.75) is 44.1 Å². The summed E-state index contributed by atoms with van der Waals surface area (Å²) in [5, 5.41) is 5.62. The fourth-order valence-electron chi connectivity index (χ4n) is 2.14. The Labute approximate surface area is 139 Å². The van der Waals surface area contributed by atoms with Crippen LogP contribution in [0.25, 0.3) is 0 Å². The van der Waals surface area contributed by atoms with Gasteiger partial charge in [0.2, 0.25) is 15.7 Å². The monoisotopic (exact) mass is 391 g/mol. The number of hydrogen-bond donors (Lipinski definition) is 0. The number of nitrogens with zero attached hydrogens (tertiary/aromatic N) is 3. The van der Waals surface area contributed by atoms with Crippen LogP contribution in [0.3, 0.4) is 0 Å². The number of ether oxygens (including phenoxy) is 1. The first kappa shape index (κ1) is 19.4. The van der Waals surface area contributed by atoms with Crippen LogP contribution in [0.1, 0.15) is 26.5 Å². The van der Waals surface area contributed by atoms with E-state index in [-0.39, 0.29) is 4.68 Å². The normalized spacial score (nSPS) is 20.6. The summed E-state index contributed by atoms with van der Waals surface area (Å²) in [7, 11) is -4.11. The van der Waals surface area contributed by atoms with E-state index in [1.54, 1.807) is 0 Å². The molecule has 0 saturated carbocycles. The Balaban J connectivity index is 2.72. The molecule has 0 bridgehead atoms. The minimum atomic E-state index is -5.22. The molecule has 1 unspecified atom stereocenters. The second-order valence-electron chi connectivity index (χ2n) is 5.83. The molecule has 0 N–H and O–H groups in total. The summed E-state index contributed by atoms with van der Waals surface area (Å²) in [5.74, 6) is -2.17. The molecule has 25 heavy (non-hydrogen) atoms. The maximum Gasteiger partial charge on any atom is 0.436 e. The zero-order chi connectivity index (χ0) is 19.4. The van der Waals surface area contributed by atoms with Crippen molar-refractivity contribution in [3.8, 4) is 5.88 Å². The Bertz CT molecular complexity index is 813. The van der Waals surface area contributed by atoms with Gasteiger partial charge in [0.15, 0.2) is 15.6 Å². The Kier molecular flexibility index (Phi) is 4.51. The molecular weight excluding hydrogens is 377 g/mol. The predicted octanol–water partition coefficient (Wildman–Crippen LogP) is 2.57. The van der Waals surface area contributed by atoms with Crippen LogP contribution in [-0.4, -0.2) is 35.5 Å². The summed E-state index contributed by atoms with van der Waals surface area (Å²) in [6.45, 7) is 0.782. The van der Waals surface area contributed by atoms with Gasteiger partial charge in [0.1, 0.15) is 5.60 Å². The molecule has 0 aromatic carbocycles. The molecule has 1 atom stereocenters. The van der Waals surface area contributed by atoms with Gasteiger partial charge in [-0.3, -0.25) is 0 Å². The van der Waals surface area contributed by atoms with Crippen LogP contribution >= 0.6 is 0 Å². The SMILES string of the molecule is CC1C(S(=O)(=O)c2c(C(F)(F)F)nn(C)c2OC(F)F)=NOC1(C)C. The van der Waals surface area contributed by atoms with Crippen molar-refractivity contribution in [3.63, 3.8) is 0 Å². The van der Waals surface area contributed by atoms with Gasteiger partial charge in [0.25, 0.3) is 0 Å². The number of hydrogen-bond acceptors (Lipinski definition) is 6. The van der Waals surface area contributed by atoms with Gasteiger partial charge in [-0.05, 0) is 13.8 Å². The van der Waals surface area contributed by atoms with Gasteiger partial charge in [0.05, 0.1) is 5.92 Å². The highest BCUT2D eigenvalue weighted by atomic mass is 32.2. The second-order valence-corrected chi connectivity index (χ2v) is 7.67. The number of rotatable bonds is 3. The lowest BCUT2D eigenvalue weighted by atomic mass is 9.95. The molecule has 1 aromatic heterocycles. The molecule has 0 radical (unpaired) electrons. The van der Waals surface area contributed by atoms with E-state index >= 15 is 0 Å². The first-order valence-electron chi connectivity index (χ1n) is 6.79. The predicted molar refractivity (Wildman–Crippen MR) is 73.8 cm³/mol. The molecule has 2 rings (SSSR count). The molecule has 1 aliphatic rings. The van der Waals surface area contributed by atoms with Gasteiger partial charge < -0.3 is 9.57 Å². The van der Waals surface area contributed by atoms with Gasteiger partial charge in [-0.15, -0.1) is 0 Å². The Morgan fingerprint density at radius 1 is 1.32 bits per heavy atom. The Morgan fingerprint density at radius 2 is 1.88 bits per heavy atom. The molecule has 0 amide bonds. The number of halogens is 5. The van der Waals surface area contributed by atoms with Gasteiger partial charge >= 0.3 is 12.8 Å². The highest BCUT2D eigenvalue weighted by Crippen LogP contribution is 2.42. The minimum absolute atomic E-state index is 0.286. The van der Waals surface area contributed by atoms with E-state index in [1.807, 2.05) is 0 Å². The van der Waals surface area contributed by atoms with E-state index in [9.17, 15) is 30.4 Å². The van der Waals surface area contributed by atoms with E-state index in [2.05, 4.69) is 15.0 Å². The first-order valence-corrected chi connectivity index (χ1v) is 8.28. The molecule has 13 heteroatoms. The van der Waals surface area contributed by atoms with E-state index in [0.29, 0.717) is 0 Å². The maximum atomic E-state index is 13.2. The lowest BCUT2D eigenvalue weighted by Gasteiger charge is -2.21. The molecule has 2 heterocycles. The Morgan fingerprint density at radius 3 is 2.28 bits per heavy atom. The van der Waals surface area contributed by atoms with Crippen LogP contribution in [0.5, 0.6) is 5.88 Å². The van der Waals surface area contributed by atoms with Gasteiger partial charge in [0, 0.05) is 7.05 Å². The number of alkyl halides is 5. The van der Waals surface area contributed by atoms with Crippen LogP contribution in [-0.2, 0) is 27.9 Å². The van der Waals surface area contributed by atoms with Crippen molar-refractivity contribution in [2.24, 2.45) is 18.1 Å². The summed E-state index contributed by atoms with van der Waals surface area (Å²) >= 11 is 0. The largest absolute Gasteiger partial charge is 0.436 e. The molecule has 7 nitrogen and oxygen atoms in total. The fraction of sp³-hybridized carbons (Fsp3) is 0.667. The fourth-order valence-corrected chi connectivity index (χ4v) is 4.05. The first-order chi connectivity index (χ1) is 11.2. The van der Waals surface area contributed by atoms with Crippen LogP contribution in [0, 0.1) is 5.92 Å². The number of oxime groups is 1. The molecule has 1 aromatic rings. The number of aryl methyl sites for hydroxylation is 1. The summed E-state index contributed by atoms with van der Waals surface area (Å²) in [5.41, 5.74) is -2.97. The molecular formula is C12H14F5N3O4S. The van der Waals surface area contributed by atoms with Crippen LogP contribution in [0.15, 0.2) is 10.1 Å². The van der Waals surface area contributed by atoms with E-state index < -0.39 is 55.7 Å². The molecule has 0 saturated heterocycles. The maximum absolute atomic E-state index is 13.2. The lowest BCUT2D eigenvalue weighted by Crippen LogP contribution is -2.34. The summed E-state index contributed by atoms with van der Waals surface area (Å²) in [4.78, 5) is 3.42. The zero-order valence-corrected chi connectivity index (χ0v) is 14.2. The van der Waals surface area contributed by atoms with Gasteiger partial charge in [-0.2, -0.15) is 27.1 Å². The molecule has 0 fully saturated rings. The standard InChI is InChI=1S/C12H14F5N3O4S/c1-5-8(19-24-11(5,2)3)25(21,22)6-7(12(15,16)17)18-20(4)9(6)23-10(13)14/h5,10H,1-4H3. The molecule has 0 aliphatic carbocycles. The number of aromatic nitrogens is 2. The van der Waals surface area contributed by atoms with E-state index in [4.69, 9.17) is 4.84 Å². The van der Waals surface area contributed by atoms with Crippen molar-refractivity contribution >= 4 is 14.9 Å². The van der Waals surface area contributed by atoms with Crippen molar-refractivity contribution in [1.82, 2.24) is 9.78 Å². The lowest BCUT2D eigenvalue weighted by molar-refractivity contribution is -0.143. The Hall–Kier alpha value is -1.92. The van der Waals surface area contributed by atoms with Crippen LogP contribution < -0.4 is 4.74 Å².